The molecule has 1 saturated heterocycles. The van der Waals surface area contributed by atoms with E-state index in [1.807, 2.05) is 36.9 Å². The molecular weight excluding hydrogens is 338 g/mol. The Labute approximate surface area is 153 Å². The van der Waals surface area contributed by atoms with Gasteiger partial charge in [-0.05, 0) is 30.7 Å². The van der Waals surface area contributed by atoms with Crippen LogP contribution in [-0.2, 0) is 16.1 Å². The lowest BCUT2D eigenvalue weighted by Crippen LogP contribution is -2.37. The summed E-state index contributed by atoms with van der Waals surface area (Å²) in [6, 6.07) is 7.89. The van der Waals surface area contributed by atoms with E-state index in [2.05, 4.69) is 16.3 Å². The van der Waals surface area contributed by atoms with Crippen molar-refractivity contribution in [2.24, 2.45) is 0 Å². The van der Waals surface area contributed by atoms with Gasteiger partial charge in [0.1, 0.15) is 0 Å². The Morgan fingerprint density at radius 1 is 1.28 bits per heavy atom. The summed E-state index contributed by atoms with van der Waals surface area (Å²) in [7, 11) is 0. The molecule has 1 aromatic rings. The van der Waals surface area contributed by atoms with Gasteiger partial charge in [-0.3, -0.25) is 19.4 Å². The highest BCUT2D eigenvalue weighted by atomic mass is 32.2. The predicted molar refractivity (Wildman–Crippen MR) is 102 cm³/mol. The number of hydrogen-bond donors (Lipinski definition) is 2. The van der Waals surface area contributed by atoms with Crippen LogP contribution in [0.4, 0.5) is 5.69 Å². The van der Waals surface area contributed by atoms with Crippen LogP contribution in [-0.4, -0.2) is 71.0 Å². The van der Waals surface area contributed by atoms with Crippen molar-refractivity contribution in [1.29, 1.82) is 0 Å². The number of nitrogens with one attached hydrogen (secondary N) is 1. The molecule has 1 heterocycles. The highest BCUT2D eigenvalue weighted by Gasteiger charge is 2.14. The third-order valence-electron chi connectivity index (χ3n) is 3.99. The molecule has 2 N–H and O–H groups in total. The molecule has 0 radical (unpaired) electrons. The van der Waals surface area contributed by atoms with Crippen LogP contribution in [0.3, 0.4) is 0 Å². The minimum absolute atomic E-state index is 0.0910. The fraction of sp³-hybridized carbons (Fsp3) is 0.556. The maximum atomic E-state index is 12.2. The van der Waals surface area contributed by atoms with Crippen LogP contribution in [0.5, 0.6) is 0 Å². The van der Waals surface area contributed by atoms with Crippen LogP contribution in [0.1, 0.15) is 18.9 Å². The molecule has 0 aliphatic carbocycles. The summed E-state index contributed by atoms with van der Waals surface area (Å²) in [6.45, 7) is 5.63. The highest BCUT2D eigenvalue weighted by molar-refractivity contribution is 7.99. The van der Waals surface area contributed by atoms with Gasteiger partial charge >= 0.3 is 5.97 Å². The number of carbonyl (C=O) groups is 2. The van der Waals surface area contributed by atoms with Gasteiger partial charge in [-0.15, -0.1) is 0 Å². The SMILES string of the molecule is CCCN(CC(=O)O)CC(=O)Nc1cccc(CN2CCSCC2)c1. The number of benzene rings is 1. The lowest BCUT2D eigenvalue weighted by Gasteiger charge is -2.26. The summed E-state index contributed by atoms with van der Waals surface area (Å²) in [6.07, 6.45) is 0.810. The van der Waals surface area contributed by atoms with Gasteiger partial charge in [0.25, 0.3) is 0 Å². The number of aliphatic carboxylic acids is 1. The van der Waals surface area contributed by atoms with Crippen LogP contribution in [0.25, 0.3) is 0 Å². The number of carboxylic acids is 1. The molecule has 138 valence electrons. The summed E-state index contributed by atoms with van der Waals surface area (Å²) < 4.78 is 0. The van der Waals surface area contributed by atoms with E-state index in [0.29, 0.717) is 6.54 Å². The first-order valence-corrected chi connectivity index (χ1v) is 9.85. The minimum Gasteiger partial charge on any atom is -0.480 e. The number of hydrogen-bond acceptors (Lipinski definition) is 5. The van der Waals surface area contributed by atoms with Crippen molar-refractivity contribution in [2.45, 2.75) is 19.9 Å². The summed E-state index contributed by atoms with van der Waals surface area (Å²) in [5.74, 6) is 1.25. The largest absolute Gasteiger partial charge is 0.480 e. The fourth-order valence-electron chi connectivity index (χ4n) is 2.89. The number of thioether (sulfide) groups is 1. The first-order valence-electron chi connectivity index (χ1n) is 8.70. The molecule has 0 atom stereocenters. The van der Waals surface area contributed by atoms with Crippen LogP contribution >= 0.6 is 11.8 Å². The molecule has 0 aromatic heterocycles. The summed E-state index contributed by atoms with van der Waals surface area (Å²) in [5, 5.41) is 11.8. The maximum absolute atomic E-state index is 12.2. The van der Waals surface area contributed by atoms with Crippen molar-refractivity contribution in [1.82, 2.24) is 9.80 Å². The number of amides is 1. The Bertz CT molecular complexity index is 576. The van der Waals surface area contributed by atoms with Gasteiger partial charge in [0.2, 0.25) is 5.91 Å². The van der Waals surface area contributed by atoms with Gasteiger partial charge in [0, 0.05) is 36.8 Å². The molecule has 1 aliphatic heterocycles. The number of anilines is 1. The molecule has 2 rings (SSSR count). The van der Waals surface area contributed by atoms with Crippen molar-refractivity contribution < 1.29 is 14.7 Å². The monoisotopic (exact) mass is 365 g/mol. The molecule has 0 saturated carbocycles. The van der Waals surface area contributed by atoms with Gasteiger partial charge < -0.3 is 10.4 Å². The fourth-order valence-corrected chi connectivity index (χ4v) is 3.87. The van der Waals surface area contributed by atoms with E-state index in [1.165, 1.54) is 17.1 Å². The average molecular weight is 365 g/mol. The van der Waals surface area contributed by atoms with E-state index < -0.39 is 5.97 Å². The summed E-state index contributed by atoms with van der Waals surface area (Å²) in [4.78, 5) is 27.2. The van der Waals surface area contributed by atoms with E-state index in [1.54, 1.807) is 4.90 Å². The average Bonchev–Trinajstić information content (AvgIpc) is 2.55. The molecule has 0 unspecified atom stereocenters. The Hall–Kier alpha value is -1.57. The zero-order valence-electron chi connectivity index (χ0n) is 14.7. The van der Waals surface area contributed by atoms with Crippen molar-refractivity contribution in [3.05, 3.63) is 29.8 Å². The van der Waals surface area contributed by atoms with E-state index in [0.717, 1.165) is 31.7 Å². The number of carbonyl (C=O) groups excluding carboxylic acids is 1. The van der Waals surface area contributed by atoms with E-state index in [4.69, 9.17) is 5.11 Å². The molecule has 7 heteroatoms. The van der Waals surface area contributed by atoms with E-state index in [9.17, 15) is 9.59 Å². The third kappa shape index (κ3) is 7.46. The second-order valence-electron chi connectivity index (χ2n) is 6.24. The smallest absolute Gasteiger partial charge is 0.317 e. The Kier molecular flexibility index (Phi) is 8.24. The van der Waals surface area contributed by atoms with Gasteiger partial charge in [-0.1, -0.05) is 19.1 Å². The second-order valence-corrected chi connectivity index (χ2v) is 7.47. The van der Waals surface area contributed by atoms with Crippen LogP contribution in [0, 0.1) is 0 Å². The quantitative estimate of drug-likeness (QED) is 0.697. The number of nitrogens with zero attached hydrogens (tertiary/aromatic N) is 2. The van der Waals surface area contributed by atoms with Gasteiger partial charge in [-0.2, -0.15) is 11.8 Å². The molecule has 0 bridgehead atoms. The first kappa shape index (κ1) is 19.8. The molecule has 1 fully saturated rings. The molecule has 6 nitrogen and oxygen atoms in total. The summed E-state index contributed by atoms with van der Waals surface area (Å²) >= 11 is 1.99. The molecule has 1 aromatic carbocycles. The van der Waals surface area contributed by atoms with Gasteiger partial charge in [-0.25, -0.2) is 0 Å². The van der Waals surface area contributed by atoms with Crippen molar-refractivity contribution >= 4 is 29.3 Å². The maximum Gasteiger partial charge on any atom is 0.317 e. The normalized spacial score (nSPS) is 15.3. The van der Waals surface area contributed by atoms with Crippen LogP contribution in [0.15, 0.2) is 24.3 Å². The molecule has 25 heavy (non-hydrogen) atoms. The lowest BCUT2D eigenvalue weighted by atomic mass is 10.2. The molecule has 1 aliphatic rings. The second kappa shape index (κ2) is 10.4. The van der Waals surface area contributed by atoms with Crippen LogP contribution < -0.4 is 5.32 Å². The van der Waals surface area contributed by atoms with E-state index in [-0.39, 0.29) is 19.0 Å². The minimum atomic E-state index is -0.914. The number of rotatable bonds is 9. The molecule has 1 amide bonds. The van der Waals surface area contributed by atoms with Crippen LogP contribution in [0.2, 0.25) is 0 Å². The van der Waals surface area contributed by atoms with Crippen molar-refractivity contribution in [3.63, 3.8) is 0 Å². The van der Waals surface area contributed by atoms with Crippen molar-refractivity contribution in [3.8, 4) is 0 Å². The third-order valence-corrected chi connectivity index (χ3v) is 4.93. The Balaban J connectivity index is 1.88. The first-order chi connectivity index (χ1) is 12.1. The Morgan fingerprint density at radius 3 is 2.72 bits per heavy atom. The molecule has 0 spiro atoms. The lowest BCUT2D eigenvalue weighted by molar-refractivity contribution is -0.138. The Morgan fingerprint density at radius 2 is 2.04 bits per heavy atom. The number of carboxylic acid groups (broad SMARTS) is 1. The zero-order chi connectivity index (χ0) is 18.1. The zero-order valence-corrected chi connectivity index (χ0v) is 15.6. The molecular formula is C18H27N3O3S. The highest BCUT2D eigenvalue weighted by Crippen LogP contribution is 2.16. The predicted octanol–water partition coefficient (Wildman–Crippen LogP) is 1.97. The van der Waals surface area contributed by atoms with Gasteiger partial charge in [0.05, 0.1) is 13.1 Å². The summed E-state index contributed by atoms with van der Waals surface area (Å²) in [5.41, 5.74) is 1.95. The standard InChI is InChI=1S/C18H27N3O3S/c1-2-6-21(14-18(23)24)13-17(22)19-16-5-3-4-15(11-16)12-20-7-9-25-10-8-20/h3-5,11H,2,6-10,12-14H2,1H3,(H,19,22)(H,23,24). The van der Waals surface area contributed by atoms with Crippen molar-refractivity contribution in [2.75, 3.05) is 49.5 Å². The van der Waals surface area contributed by atoms with Gasteiger partial charge in [0.15, 0.2) is 0 Å². The van der Waals surface area contributed by atoms with E-state index >= 15 is 0 Å². The topological polar surface area (TPSA) is 72.9 Å².